The van der Waals surface area contributed by atoms with Gasteiger partial charge < -0.3 is 10.4 Å². The van der Waals surface area contributed by atoms with Crippen molar-refractivity contribution in [3.8, 4) is 0 Å². The first-order valence-corrected chi connectivity index (χ1v) is 5.46. The molecule has 0 unspecified atom stereocenters. The van der Waals surface area contributed by atoms with Crippen LogP contribution in [-0.4, -0.2) is 23.5 Å². The first kappa shape index (κ1) is 13.2. The third-order valence-electron chi connectivity index (χ3n) is 2.59. The molecule has 0 atom stereocenters. The van der Waals surface area contributed by atoms with Gasteiger partial charge in [-0.15, -0.1) is 0 Å². The quantitative estimate of drug-likeness (QED) is 0.761. The van der Waals surface area contributed by atoms with Crippen molar-refractivity contribution < 1.29 is 14.7 Å². The van der Waals surface area contributed by atoms with E-state index in [1.54, 1.807) is 0 Å². The molecule has 0 bridgehead atoms. The third-order valence-corrected chi connectivity index (χ3v) is 2.59. The van der Waals surface area contributed by atoms with Crippen LogP contribution in [-0.2, 0) is 15.0 Å². The Morgan fingerprint density at radius 2 is 1.82 bits per heavy atom. The lowest BCUT2D eigenvalue weighted by molar-refractivity contribution is -0.140. The van der Waals surface area contributed by atoms with E-state index in [0.717, 1.165) is 5.56 Å². The molecule has 0 aliphatic heterocycles. The second kappa shape index (κ2) is 5.48. The number of aliphatic carboxylic acids is 1. The highest BCUT2D eigenvalue weighted by Crippen LogP contribution is 2.21. The van der Waals surface area contributed by atoms with Crippen molar-refractivity contribution in [1.29, 1.82) is 0 Å². The summed E-state index contributed by atoms with van der Waals surface area (Å²) < 4.78 is 0. The van der Waals surface area contributed by atoms with Crippen LogP contribution < -0.4 is 5.32 Å². The van der Waals surface area contributed by atoms with Gasteiger partial charge in [0.05, 0.1) is 0 Å². The zero-order chi connectivity index (χ0) is 12.9. The lowest BCUT2D eigenvalue weighted by atomic mass is 9.84. The van der Waals surface area contributed by atoms with Crippen LogP contribution in [0.3, 0.4) is 0 Å². The van der Waals surface area contributed by atoms with Crippen molar-refractivity contribution in [3.05, 3.63) is 35.9 Å². The Morgan fingerprint density at radius 1 is 1.24 bits per heavy atom. The minimum atomic E-state index is -1.11. The summed E-state index contributed by atoms with van der Waals surface area (Å²) in [4.78, 5) is 21.6. The molecule has 0 heterocycles. The van der Waals surface area contributed by atoms with Crippen LogP contribution in [0.15, 0.2) is 30.3 Å². The predicted octanol–water partition coefficient (Wildman–Crippen LogP) is 1.56. The fourth-order valence-electron chi connectivity index (χ4n) is 1.51. The van der Waals surface area contributed by atoms with Gasteiger partial charge in [0.25, 0.3) is 0 Å². The molecule has 1 rings (SSSR count). The summed E-state index contributed by atoms with van der Waals surface area (Å²) in [6.07, 6.45) is -0.481. The van der Waals surface area contributed by atoms with E-state index in [1.807, 2.05) is 44.2 Å². The Balaban J connectivity index is 2.56. The Labute approximate surface area is 101 Å². The van der Waals surface area contributed by atoms with E-state index in [4.69, 9.17) is 5.11 Å². The molecule has 0 radical (unpaired) electrons. The molecule has 1 amide bonds. The molecule has 4 nitrogen and oxygen atoms in total. The van der Waals surface area contributed by atoms with Crippen LogP contribution in [0.4, 0.5) is 0 Å². The first-order valence-electron chi connectivity index (χ1n) is 5.46. The summed E-state index contributed by atoms with van der Waals surface area (Å²) in [5.74, 6) is -1.57. The maximum absolute atomic E-state index is 11.2. The summed E-state index contributed by atoms with van der Waals surface area (Å²) in [5, 5.41) is 11.1. The number of carbonyl (C=O) groups excluding carboxylic acids is 1. The number of carbonyl (C=O) groups is 2. The fourth-order valence-corrected chi connectivity index (χ4v) is 1.51. The van der Waals surface area contributed by atoms with Gasteiger partial charge in [-0.1, -0.05) is 44.2 Å². The summed E-state index contributed by atoms with van der Waals surface area (Å²) in [6, 6.07) is 9.79. The van der Waals surface area contributed by atoms with Crippen LogP contribution in [0.25, 0.3) is 0 Å². The van der Waals surface area contributed by atoms with E-state index in [2.05, 4.69) is 5.32 Å². The number of hydrogen-bond donors (Lipinski definition) is 2. The largest absolute Gasteiger partial charge is 0.481 e. The summed E-state index contributed by atoms with van der Waals surface area (Å²) in [7, 11) is 0. The average Bonchev–Trinajstić information content (AvgIpc) is 2.27. The first-order chi connectivity index (χ1) is 7.92. The lowest BCUT2D eigenvalue weighted by Crippen LogP contribution is -2.37. The molecule has 17 heavy (non-hydrogen) atoms. The van der Waals surface area contributed by atoms with E-state index in [1.165, 1.54) is 0 Å². The van der Waals surface area contributed by atoms with E-state index < -0.39 is 18.3 Å². The topological polar surface area (TPSA) is 66.4 Å². The molecule has 2 N–H and O–H groups in total. The van der Waals surface area contributed by atoms with Gasteiger partial charge in [-0.2, -0.15) is 0 Å². The summed E-state index contributed by atoms with van der Waals surface area (Å²) in [5.41, 5.74) is 0.894. The van der Waals surface area contributed by atoms with Crippen molar-refractivity contribution >= 4 is 11.9 Å². The number of carboxylic acid groups (broad SMARTS) is 1. The minimum absolute atomic E-state index is 0.213. The highest BCUT2D eigenvalue weighted by atomic mass is 16.4. The Bertz CT molecular complexity index is 398. The van der Waals surface area contributed by atoms with E-state index >= 15 is 0 Å². The maximum atomic E-state index is 11.2. The van der Waals surface area contributed by atoms with E-state index in [9.17, 15) is 9.59 Å². The Kier molecular flexibility index (Phi) is 4.26. The highest BCUT2D eigenvalue weighted by Gasteiger charge is 2.21. The van der Waals surface area contributed by atoms with Gasteiger partial charge in [0.15, 0.2) is 0 Å². The molecular formula is C13H17NO3. The Hall–Kier alpha value is -1.84. The predicted molar refractivity (Wildman–Crippen MR) is 64.7 cm³/mol. The molecule has 1 aromatic carbocycles. The minimum Gasteiger partial charge on any atom is -0.481 e. The lowest BCUT2D eigenvalue weighted by Gasteiger charge is -2.25. The van der Waals surface area contributed by atoms with Crippen LogP contribution in [0.1, 0.15) is 25.8 Å². The molecule has 0 aliphatic carbocycles. The third kappa shape index (κ3) is 4.26. The van der Waals surface area contributed by atoms with Crippen molar-refractivity contribution in [2.45, 2.75) is 25.7 Å². The number of hydrogen-bond acceptors (Lipinski definition) is 2. The fraction of sp³-hybridized carbons (Fsp3) is 0.385. The SMILES string of the molecule is CC(C)(CNC(=O)CC(=O)O)c1ccccc1. The van der Waals surface area contributed by atoms with Crippen LogP contribution in [0.5, 0.6) is 0 Å². The highest BCUT2D eigenvalue weighted by molar-refractivity contribution is 5.93. The van der Waals surface area contributed by atoms with E-state index in [-0.39, 0.29) is 5.41 Å². The number of nitrogens with one attached hydrogen (secondary N) is 1. The average molecular weight is 235 g/mol. The van der Waals surface area contributed by atoms with Gasteiger partial charge in [0.1, 0.15) is 6.42 Å². The van der Waals surface area contributed by atoms with Crippen molar-refractivity contribution in [2.24, 2.45) is 0 Å². The molecule has 0 saturated heterocycles. The molecular weight excluding hydrogens is 218 g/mol. The van der Waals surface area contributed by atoms with Crippen LogP contribution in [0.2, 0.25) is 0 Å². The van der Waals surface area contributed by atoms with Gasteiger partial charge in [-0.3, -0.25) is 9.59 Å². The standard InChI is InChI=1S/C13H17NO3/c1-13(2,10-6-4-3-5-7-10)9-14-11(15)8-12(16)17/h3-7H,8-9H2,1-2H3,(H,14,15)(H,16,17). The molecule has 0 saturated carbocycles. The zero-order valence-corrected chi connectivity index (χ0v) is 10.1. The summed E-state index contributed by atoms with van der Waals surface area (Å²) in [6.45, 7) is 4.43. The number of rotatable bonds is 5. The number of carboxylic acids is 1. The Morgan fingerprint density at radius 3 is 2.35 bits per heavy atom. The van der Waals surface area contributed by atoms with Gasteiger partial charge >= 0.3 is 5.97 Å². The molecule has 0 aliphatic rings. The second-order valence-corrected chi connectivity index (χ2v) is 4.60. The van der Waals surface area contributed by atoms with Gasteiger partial charge in [-0.05, 0) is 5.56 Å². The van der Waals surface area contributed by atoms with Crippen LogP contribution in [0, 0.1) is 0 Å². The van der Waals surface area contributed by atoms with Crippen molar-refractivity contribution in [2.75, 3.05) is 6.54 Å². The number of benzene rings is 1. The molecule has 1 aromatic rings. The van der Waals surface area contributed by atoms with E-state index in [0.29, 0.717) is 6.54 Å². The zero-order valence-electron chi connectivity index (χ0n) is 10.1. The van der Waals surface area contributed by atoms with Gasteiger partial charge in [0, 0.05) is 12.0 Å². The molecule has 92 valence electrons. The maximum Gasteiger partial charge on any atom is 0.312 e. The summed E-state index contributed by atoms with van der Waals surface area (Å²) >= 11 is 0. The number of amides is 1. The van der Waals surface area contributed by atoms with Crippen molar-refractivity contribution in [1.82, 2.24) is 5.32 Å². The molecule has 0 spiro atoms. The van der Waals surface area contributed by atoms with Gasteiger partial charge in [-0.25, -0.2) is 0 Å². The van der Waals surface area contributed by atoms with Crippen LogP contribution >= 0.6 is 0 Å². The monoisotopic (exact) mass is 235 g/mol. The second-order valence-electron chi connectivity index (χ2n) is 4.60. The molecule has 0 fully saturated rings. The molecule has 4 heteroatoms. The van der Waals surface area contributed by atoms with Crippen molar-refractivity contribution in [3.63, 3.8) is 0 Å². The van der Waals surface area contributed by atoms with Gasteiger partial charge in [0.2, 0.25) is 5.91 Å². The molecule has 0 aromatic heterocycles. The smallest absolute Gasteiger partial charge is 0.312 e. The normalized spacial score (nSPS) is 10.9.